The molecule has 4 rings (SSSR count). The molecule has 9 nitrogen and oxygen atoms in total. The molecule has 1 fully saturated rings. The molecule has 10 heteroatoms. The van der Waals surface area contributed by atoms with Gasteiger partial charge >= 0.3 is 12.1 Å². The number of aromatic nitrogens is 2. The van der Waals surface area contributed by atoms with Crippen LogP contribution in [-0.2, 0) is 11.3 Å². The number of nitrogens with one attached hydrogen (secondary N) is 3. The molecule has 1 aromatic carbocycles. The first-order valence-electron chi connectivity index (χ1n) is 10.3. The summed E-state index contributed by atoms with van der Waals surface area (Å²) in [5.41, 5.74) is 6.47. The Morgan fingerprint density at radius 3 is 2.69 bits per heavy atom. The van der Waals surface area contributed by atoms with Crippen LogP contribution in [0.25, 0.3) is 10.9 Å². The minimum atomic E-state index is -0.793. The predicted molar refractivity (Wildman–Crippen MR) is 116 cm³/mol. The third-order valence-corrected chi connectivity index (χ3v) is 5.35. The van der Waals surface area contributed by atoms with Crippen molar-refractivity contribution in [2.75, 3.05) is 5.32 Å². The zero-order valence-electron chi connectivity index (χ0n) is 17.2. The number of nitrogens with two attached hydrogens (primary N) is 1. The lowest BCUT2D eigenvalue weighted by Crippen LogP contribution is -2.48. The van der Waals surface area contributed by atoms with Crippen LogP contribution in [0.1, 0.15) is 25.0 Å². The van der Waals surface area contributed by atoms with Gasteiger partial charge in [0.2, 0.25) is 5.91 Å². The number of primary amides is 1. The predicted octanol–water partition coefficient (Wildman–Crippen LogP) is 2.71. The third-order valence-electron chi connectivity index (χ3n) is 5.35. The molecule has 32 heavy (non-hydrogen) atoms. The smallest absolute Gasteiger partial charge is 0.323 e. The van der Waals surface area contributed by atoms with E-state index < -0.39 is 29.8 Å². The highest BCUT2D eigenvalue weighted by atomic mass is 19.1. The van der Waals surface area contributed by atoms with Crippen LogP contribution in [0.2, 0.25) is 0 Å². The summed E-state index contributed by atoms with van der Waals surface area (Å²) < 4.78 is 15.0. The molecule has 4 amide bonds. The highest BCUT2D eigenvalue weighted by Gasteiger charge is 2.30. The van der Waals surface area contributed by atoms with Crippen LogP contribution in [0.15, 0.2) is 48.8 Å². The average Bonchev–Trinajstić information content (AvgIpc) is 3.52. The maximum absolute atomic E-state index is 13.8. The molecule has 0 radical (unpaired) electrons. The molecule has 0 spiro atoms. The van der Waals surface area contributed by atoms with Gasteiger partial charge in [0.15, 0.2) is 0 Å². The van der Waals surface area contributed by atoms with Crippen molar-refractivity contribution < 1.29 is 18.8 Å². The molecule has 3 aromatic rings. The van der Waals surface area contributed by atoms with E-state index >= 15 is 0 Å². The Labute approximate surface area is 183 Å². The van der Waals surface area contributed by atoms with E-state index in [0.29, 0.717) is 28.9 Å². The number of hydrogen-bond donors (Lipinski definition) is 4. The summed E-state index contributed by atoms with van der Waals surface area (Å²) in [5, 5.41) is 8.66. The molecule has 1 aliphatic carbocycles. The van der Waals surface area contributed by atoms with Gasteiger partial charge in [-0.2, -0.15) is 0 Å². The van der Waals surface area contributed by atoms with Gasteiger partial charge in [-0.05, 0) is 30.5 Å². The Hall–Kier alpha value is -3.95. The van der Waals surface area contributed by atoms with Crippen LogP contribution in [0, 0.1) is 11.7 Å². The molecule has 1 atom stereocenters. The topological polar surface area (TPSA) is 131 Å². The van der Waals surface area contributed by atoms with Gasteiger partial charge in [-0.15, -0.1) is 0 Å². The van der Waals surface area contributed by atoms with E-state index in [1.165, 1.54) is 29.1 Å². The molecule has 2 aromatic heterocycles. The second-order valence-electron chi connectivity index (χ2n) is 7.75. The van der Waals surface area contributed by atoms with E-state index in [4.69, 9.17) is 5.73 Å². The van der Waals surface area contributed by atoms with Crippen LogP contribution < -0.4 is 21.7 Å². The SMILES string of the molecule is NC(=O)n1cc(NC(=O)N[C@@H](CC2CC2)C(=O)NCc2ncccc2F)c2ccccc21. The first-order chi connectivity index (χ1) is 15.4. The zero-order chi connectivity index (χ0) is 22.7. The number of urea groups is 1. The molecule has 0 saturated heterocycles. The summed E-state index contributed by atoms with van der Waals surface area (Å²) >= 11 is 0. The average molecular weight is 438 g/mol. The van der Waals surface area contributed by atoms with E-state index in [1.54, 1.807) is 24.3 Å². The number of fused-ring (bicyclic) bond motifs is 1. The molecular formula is C22H23FN6O3. The standard InChI is InChI=1S/C22H23FN6O3/c23-15-5-3-9-25-17(15)11-26-20(30)16(10-13-7-8-13)27-22(32)28-18-12-29(21(24)31)19-6-2-1-4-14(18)19/h1-6,9,12-13,16H,7-8,10-11H2,(H2,24,31)(H,26,30)(H2,27,28,32)/t16-/m0/s1. The number of benzene rings is 1. The normalized spacial score (nSPS) is 14.0. The fourth-order valence-electron chi connectivity index (χ4n) is 3.54. The van der Waals surface area contributed by atoms with Gasteiger partial charge in [0.25, 0.3) is 0 Å². The molecule has 5 N–H and O–H groups in total. The van der Waals surface area contributed by atoms with E-state index in [9.17, 15) is 18.8 Å². The maximum Gasteiger partial charge on any atom is 0.323 e. The molecular weight excluding hydrogens is 415 g/mol. The van der Waals surface area contributed by atoms with Crippen LogP contribution in [0.4, 0.5) is 19.7 Å². The lowest BCUT2D eigenvalue weighted by molar-refractivity contribution is -0.123. The van der Waals surface area contributed by atoms with Gasteiger partial charge in [0, 0.05) is 17.8 Å². The number of anilines is 1. The fourth-order valence-corrected chi connectivity index (χ4v) is 3.54. The highest BCUT2D eigenvalue weighted by molar-refractivity contribution is 6.05. The summed E-state index contributed by atoms with van der Waals surface area (Å²) in [6.07, 6.45) is 5.35. The van der Waals surface area contributed by atoms with Gasteiger partial charge < -0.3 is 21.7 Å². The molecule has 1 saturated carbocycles. The Bertz CT molecular complexity index is 1170. The quantitative estimate of drug-likeness (QED) is 0.452. The molecule has 0 bridgehead atoms. The van der Waals surface area contributed by atoms with E-state index in [1.807, 2.05) is 0 Å². The summed E-state index contributed by atoms with van der Waals surface area (Å²) in [4.78, 5) is 41.0. The first-order valence-corrected chi connectivity index (χ1v) is 10.3. The van der Waals surface area contributed by atoms with Crippen molar-refractivity contribution in [2.45, 2.75) is 31.8 Å². The van der Waals surface area contributed by atoms with Gasteiger partial charge in [-0.25, -0.2) is 14.0 Å². The number of halogens is 1. The molecule has 166 valence electrons. The number of pyridine rings is 1. The van der Waals surface area contributed by atoms with Gasteiger partial charge in [0.1, 0.15) is 11.9 Å². The van der Waals surface area contributed by atoms with Crippen LogP contribution in [0.3, 0.4) is 0 Å². The van der Waals surface area contributed by atoms with Gasteiger partial charge in [0.05, 0.1) is 23.4 Å². The number of nitrogens with zero attached hydrogens (tertiary/aromatic N) is 2. The maximum atomic E-state index is 13.8. The number of amides is 4. The largest absolute Gasteiger partial charge is 0.351 e. The van der Waals surface area contributed by atoms with Gasteiger partial charge in [-0.1, -0.05) is 31.0 Å². The summed E-state index contributed by atoms with van der Waals surface area (Å²) in [6, 6.07) is 7.66. The molecule has 0 unspecified atom stereocenters. The van der Waals surface area contributed by atoms with E-state index in [0.717, 1.165) is 12.8 Å². The van der Waals surface area contributed by atoms with Crippen molar-refractivity contribution in [2.24, 2.45) is 11.7 Å². The Morgan fingerprint density at radius 2 is 1.97 bits per heavy atom. The van der Waals surface area contributed by atoms with Crippen molar-refractivity contribution in [1.29, 1.82) is 0 Å². The van der Waals surface area contributed by atoms with Crippen molar-refractivity contribution in [3.8, 4) is 0 Å². The van der Waals surface area contributed by atoms with Crippen LogP contribution in [-0.4, -0.2) is 33.6 Å². The van der Waals surface area contributed by atoms with Crippen molar-refractivity contribution >= 4 is 34.6 Å². The van der Waals surface area contributed by atoms with Crippen molar-refractivity contribution in [1.82, 2.24) is 20.2 Å². The minimum Gasteiger partial charge on any atom is -0.351 e. The lowest BCUT2D eigenvalue weighted by Gasteiger charge is -2.18. The number of carbonyl (C=O) groups is 3. The second-order valence-corrected chi connectivity index (χ2v) is 7.75. The minimum absolute atomic E-state index is 0.0813. The molecule has 0 aliphatic heterocycles. The third kappa shape index (κ3) is 4.85. The monoisotopic (exact) mass is 438 g/mol. The Kier molecular flexibility index (Phi) is 6.02. The second kappa shape index (κ2) is 9.04. The Balaban J connectivity index is 1.44. The number of carbonyl (C=O) groups excluding carboxylic acids is 3. The van der Waals surface area contributed by atoms with Crippen LogP contribution >= 0.6 is 0 Å². The molecule has 2 heterocycles. The lowest BCUT2D eigenvalue weighted by atomic mass is 10.1. The summed E-state index contributed by atoms with van der Waals surface area (Å²) in [6.45, 7) is -0.0813. The van der Waals surface area contributed by atoms with E-state index in [2.05, 4.69) is 20.9 Å². The zero-order valence-corrected chi connectivity index (χ0v) is 17.2. The first kappa shape index (κ1) is 21.3. The fraction of sp³-hybridized carbons (Fsp3) is 0.273. The number of para-hydroxylation sites is 1. The molecule has 1 aliphatic rings. The number of hydrogen-bond acceptors (Lipinski definition) is 4. The Morgan fingerprint density at radius 1 is 1.19 bits per heavy atom. The van der Waals surface area contributed by atoms with Gasteiger partial charge in [-0.3, -0.25) is 14.3 Å². The van der Waals surface area contributed by atoms with Crippen molar-refractivity contribution in [3.63, 3.8) is 0 Å². The number of rotatable bonds is 7. The van der Waals surface area contributed by atoms with E-state index in [-0.39, 0.29) is 12.2 Å². The summed E-state index contributed by atoms with van der Waals surface area (Å²) in [7, 11) is 0. The highest BCUT2D eigenvalue weighted by Crippen LogP contribution is 2.33. The van der Waals surface area contributed by atoms with Crippen LogP contribution in [0.5, 0.6) is 0 Å². The van der Waals surface area contributed by atoms with Crippen molar-refractivity contribution in [3.05, 3.63) is 60.3 Å². The summed E-state index contributed by atoms with van der Waals surface area (Å²) in [5.74, 6) is -0.575.